The summed E-state index contributed by atoms with van der Waals surface area (Å²) in [5.74, 6) is 0.399. The first-order valence-corrected chi connectivity index (χ1v) is 13.9. The Balaban J connectivity index is 1.19. The second kappa shape index (κ2) is 14.3. The van der Waals surface area contributed by atoms with E-state index in [9.17, 15) is 24.3 Å². The summed E-state index contributed by atoms with van der Waals surface area (Å²) < 4.78 is 14.8. The predicted octanol–water partition coefficient (Wildman–Crippen LogP) is 3.73. The zero-order valence-corrected chi connectivity index (χ0v) is 22.6. The SMILES string of the molecule is O=C(Cc1ccc(Nc2ccc(CCNCC(O)c3ccc(O)c(CO)c3)cc2)cc1)S(=O)Nc1ccccn1. The number of benzene rings is 3. The Hall–Kier alpha value is -4.09. The van der Waals surface area contributed by atoms with Gasteiger partial charge in [0.25, 0.3) is 0 Å². The summed E-state index contributed by atoms with van der Waals surface area (Å²) in [6, 6.07) is 25.3. The molecule has 0 radical (unpaired) electrons. The topological polar surface area (TPSA) is 144 Å². The highest BCUT2D eigenvalue weighted by molar-refractivity contribution is 8.01. The van der Waals surface area contributed by atoms with Crippen molar-refractivity contribution in [2.45, 2.75) is 25.6 Å². The van der Waals surface area contributed by atoms with Gasteiger partial charge in [0.15, 0.2) is 11.0 Å². The van der Waals surface area contributed by atoms with E-state index in [0.29, 0.717) is 30.0 Å². The number of carbonyl (C=O) groups is 1. The van der Waals surface area contributed by atoms with E-state index in [2.05, 4.69) is 20.3 Å². The number of hydrogen-bond donors (Lipinski definition) is 6. The van der Waals surface area contributed by atoms with E-state index in [-0.39, 0.29) is 18.8 Å². The maximum atomic E-state index is 12.3. The van der Waals surface area contributed by atoms with Gasteiger partial charge in [-0.05, 0) is 78.2 Å². The van der Waals surface area contributed by atoms with E-state index in [4.69, 9.17) is 0 Å². The summed E-state index contributed by atoms with van der Waals surface area (Å²) in [5, 5.41) is 35.5. The maximum absolute atomic E-state index is 12.3. The number of phenols is 1. The van der Waals surface area contributed by atoms with Crippen LogP contribution in [0.2, 0.25) is 0 Å². The van der Waals surface area contributed by atoms with Gasteiger partial charge < -0.3 is 26.0 Å². The molecule has 4 rings (SSSR count). The largest absolute Gasteiger partial charge is 0.508 e. The van der Waals surface area contributed by atoms with Gasteiger partial charge in [0.2, 0.25) is 5.12 Å². The Labute approximate surface area is 235 Å². The average Bonchev–Trinajstić information content (AvgIpc) is 2.97. The van der Waals surface area contributed by atoms with Crippen LogP contribution < -0.4 is 15.4 Å². The van der Waals surface area contributed by atoms with E-state index in [1.54, 1.807) is 36.5 Å². The summed E-state index contributed by atoms with van der Waals surface area (Å²) in [7, 11) is -1.87. The highest BCUT2D eigenvalue weighted by atomic mass is 32.2. The number of aromatic nitrogens is 1. The predicted molar refractivity (Wildman–Crippen MR) is 156 cm³/mol. The van der Waals surface area contributed by atoms with Crippen LogP contribution in [0.3, 0.4) is 0 Å². The van der Waals surface area contributed by atoms with E-state index in [1.165, 1.54) is 6.07 Å². The van der Waals surface area contributed by atoms with Gasteiger partial charge in [-0.25, -0.2) is 9.19 Å². The molecule has 10 heteroatoms. The molecule has 0 saturated carbocycles. The summed E-state index contributed by atoms with van der Waals surface area (Å²) in [6.45, 7) is 0.747. The molecular formula is C30H32N4O5S. The molecule has 208 valence electrons. The number of aromatic hydroxyl groups is 1. The molecule has 0 fully saturated rings. The van der Waals surface area contributed by atoms with E-state index in [1.807, 2.05) is 48.5 Å². The summed E-state index contributed by atoms with van der Waals surface area (Å²) in [4.78, 5) is 16.3. The second-order valence-corrected chi connectivity index (χ2v) is 10.4. The first-order valence-electron chi connectivity index (χ1n) is 12.8. The molecule has 40 heavy (non-hydrogen) atoms. The quantitative estimate of drug-likeness (QED) is 0.136. The number of hydrogen-bond acceptors (Lipinski definition) is 8. The number of nitrogens with one attached hydrogen (secondary N) is 3. The van der Waals surface area contributed by atoms with Crippen LogP contribution in [0, 0.1) is 0 Å². The van der Waals surface area contributed by atoms with Crippen molar-refractivity contribution in [1.82, 2.24) is 10.3 Å². The van der Waals surface area contributed by atoms with Gasteiger partial charge in [0.05, 0.1) is 12.7 Å². The minimum atomic E-state index is -1.87. The third kappa shape index (κ3) is 8.45. The molecule has 4 aromatic rings. The van der Waals surface area contributed by atoms with E-state index >= 15 is 0 Å². The Kier molecular flexibility index (Phi) is 10.4. The summed E-state index contributed by atoms with van der Waals surface area (Å²) in [6.07, 6.45) is 1.65. The molecule has 2 atom stereocenters. The molecule has 0 spiro atoms. The first-order chi connectivity index (χ1) is 19.4. The Morgan fingerprint density at radius 2 is 1.62 bits per heavy atom. The molecule has 0 aliphatic rings. The molecule has 2 unspecified atom stereocenters. The molecule has 0 aliphatic heterocycles. The Bertz CT molecular complexity index is 1420. The summed E-state index contributed by atoms with van der Waals surface area (Å²) >= 11 is 0. The van der Waals surface area contributed by atoms with Crippen LogP contribution in [-0.4, -0.2) is 42.7 Å². The highest BCUT2D eigenvalue weighted by Gasteiger charge is 2.13. The van der Waals surface area contributed by atoms with Crippen molar-refractivity contribution in [2.75, 3.05) is 23.1 Å². The molecule has 0 bridgehead atoms. The van der Waals surface area contributed by atoms with Gasteiger partial charge in [-0.1, -0.05) is 36.4 Å². The van der Waals surface area contributed by atoms with Crippen LogP contribution >= 0.6 is 0 Å². The highest BCUT2D eigenvalue weighted by Crippen LogP contribution is 2.22. The Morgan fingerprint density at radius 1 is 0.925 bits per heavy atom. The number of rotatable bonds is 13. The first kappa shape index (κ1) is 28.9. The number of nitrogens with zero attached hydrogens (tertiary/aromatic N) is 1. The number of aliphatic hydroxyl groups excluding tert-OH is 2. The lowest BCUT2D eigenvalue weighted by molar-refractivity contribution is -0.110. The van der Waals surface area contributed by atoms with E-state index < -0.39 is 22.2 Å². The minimum absolute atomic E-state index is 0.0117. The van der Waals surface area contributed by atoms with Crippen LogP contribution in [0.1, 0.15) is 28.4 Å². The standard InChI is InChI=1S/C30H32N4O5S/c35-20-24-18-23(8-13-27(24)36)28(37)19-31-16-14-21-4-9-25(10-5-21)33-26-11-6-22(7-12-26)17-30(38)40(39)34-29-3-1-2-15-32-29/h1-13,15,18,28,31,33,35-37H,14,16-17,19-20H2,(H,32,34). The zero-order valence-electron chi connectivity index (χ0n) is 21.8. The molecule has 1 heterocycles. The monoisotopic (exact) mass is 560 g/mol. The third-order valence-electron chi connectivity index (χ3n) is 6.20. The second-order valence-electron chi connectivity index (χ2n) is 9.17. The van der Waals surface area contributed by atoms with Crippen LogP contribution in [0.15, 0.2) is 91.1 Å². The molecule has 9 nitrogen and oxygen atoms in total. The van der Waals surface area contributed by atoms with Gasteiger partial charge in [-0.3, -0.25) is 9.52 Å². The van der Waals surface area contributed by atoms with Gasteiger partial charge in [-0.15, -0.1) is 0 Å². The fraction of sp³-hybridized carbons (Fsp3) is 0.200. The lowest BCUT2D eigenvalue weighted by Crippen LogP contribution is -2.23. The van der Waals surface area contributed by atoms with Crippen LogP contribution in [0.5, 0.6) is 5.75 Å². The van der Waals surface area contributed by atoms with E-state index in [0.717, 1.165) is 28.9 Å². The smallest absolute Gasteiger partial charge is 0.243 e. The lowest BCUT2D eigenvalue weighted by Gasteiger charge is -2.14. The Morgan fingerprint density at radius 3 is 2.27 bits per heavy atom. The van der Waals surface area contributed by atoms with Crippen LogP contribution in [0.25, 0.3) is 0 Å². The lowest BCUT2D eigenvalue weighted by atomic mass is 10.1. The molecule has 0 amide bonds. The average molecular weight is 561 g/mol. The fourth-order valence-corrected chi connectivity index (χ4v) is 4.69. The van der Waals surface area contributed by atoms with Crippen molar-refractivity contribution in [3.8, 4) is 5.75 Å². The normalized spacial score (nSPS) is 12.4. The maximum Gasteiger partial charge on any atom is 0.243 e. The van der Waals surface area contributed by atoms with Crippen molar-refractivity contribution in [3.63, 3.8) is 0 Å². The minimum Gasteiger partial charge on any atom is -0.508 e. The van der Waals surface area contributed by atoms with Gasteiger partial charge in [0.1, 0.15) is 11.6 Å². The number of aliphatic hydroxyl groups is 2. The van der Waals surface area contributed by atoms with Crippen LogP contribution in [-0.2, 0) is 35.2 Å². The molecule has 0 aliphatic carbocycles. The molecule has 3 aromatic carbocycles. The third-order valence-corrected chi connectivity index (χ3v) is 7.15. The van der Waals surface area contributed by atoms with Crippen molar-refractivity contribution in [1.29, 1.82) is 0 Å². The van der Waals surface area contributed by atoms with Gasteiger partial charge >= 0.3 is 0 Å². The summed E-state index contributed by atoms with van der Waals surface area (Å²) in [5.41, 5.74) is 4.71. The number of anilines is 3. The number of carbonyl (C=O) groups excluding carboxylic acids is 1. The zero-order chi connectivity index (χ0) is 28.3. The van der Waals surface area contributed by atoms with Crippen molar-refractivity contribution < 1.29 is 24.3 Å². The molecule has 1 aromatic heterocycles. The van der Waals surface area contributed by atoms with Crippen molar-refractivity contribution in [2.24, 2.45) is 0 Å². The van der Waals surface area contributed by atoms with Crippen molar-refractivity contribution >= 4 is 33.3 Å². The van der Waals surface area contributed by atoms with Crippen LogP contribution in [0.4, 0.5) is 17.2 Å². The van der Waals surface area contributed by atoms with Gasteiger partial charge in [0, 0.05) is 36.1 Å². The molecule has 6 N–H and O–H groups in total. The van der Waals surface area contributed by atoms with Crippen molar-refractivity contribution in [3.05, 3.63) is 113 Å². The fourth-order valence-electron chi connectivity index (χ4n) is 3.96. The van der Waals surface area contributed by atoms with Gasteiger partial charge in [-0.2, -0.15) is 0 Å². The molecular weight excluding hydrogens is 528 g/mol. The molecule has 0 saturated heterocycles. The number of pyridine rings is 1.